The Morgan fingerprint density at radius 3 is 2.63 bits per heavy atom. The lowest BCUT2D eigenvalue weighted by Gasteiger charge is -2.35. The molecule has 7 nitrogen and oxygen atoms in total. The second-order valence-corrected chi connectivity index (χ2v) is 6.19. The second-order valence-electron chi connectivity index (χ2n) is 6.19. The molecule has 7 heteroatoms. The lowest BCUT2D eigenvalue weighted by molar-refractivity contribution is -0.127. The number of benzene rings is 2. The van der Waals surface area contributed by atoms with Gasteiger partial charge in [0, 0.05) is 13.6 Å². The van der Waals surface area contributed by atoms with E-state index in [9.17, 15) is 9.59 Å². The minimum Gasteiger partial charge on any atom is -0.497 e. The highest BCUT2D eigenvalue weighted by Crippen LogP contribution is 2.32. The molecule has 142 valence electrons. The number of rotatable bonds is 6. The molecule has 0 saturated carbocycles. The van der Waals surface area contributed by atoms with Gasteiger partial charge in [-0.3, -0.25) is 9.59 Å². The number of likely N-dealkylation sites (N-methyl/N-ethyl adjacent to an activating group) is 1. The van der Waals surface area contributed by atoms with E-state index in [1.165, 1.54) is 0 Å². The van der Waals surface area contributed by atoms with E-state index in [1.54, 1.807) is 20.2 Å². The monoisotopic (exact) mass is 369 g/mol. The topological polar surface area (TPSA) is 79.9 Å². The van der Waals surface area contributed by atoms with Gasteiger partial charge in [0.25, 0.3) is 5.91 Å². The Balaban J connectivity index is 1.64. The average Bonchev–Trinajstić information content (AvgIpc) is 2.72. The second kappa shape index (κ2) is 8.44. The van der Waals surface area contributed by atoms with Gasteiger partial charge in [-0.05, 0) is 29.8 Å². The molecule has 3 rings (SSSR count). The SMILES string of the molecule is CNC(=O)[C@@H]1CN(CC(=O)NCc2ccc(OC)cc2)c2ccccc2O1. The van der Waals surface area contributed by atoms with Crippen molar-refractivity contribution >= 4 is 17.5 Å². The number of amides is 2. The van der Waals surface area contributed by atoms with Crippen LogP contribution >= 0.6 is 0 Å². The van der Waals surface area contributed by atoms with Crippen LogP contribution in [0.5, 0.6) is 11.5 Å². The molecule has 0 saturated heterocycles. The van der Waals surface area contributed by atoms with Crippen LogP contribution in [0.15, 0.2) is 48.5 Å². The third kappa shape index (κ3) is 4.49. The van der Waals surface area contributed by atoms with Gasteiger partial charge < -0.3 is 25.0 Å². The van der Waals surface area contributed by atoms with Crippen molar-refractivity contribution in [3.05, 3.63) is 54.1 Å². The zero-order chi connectivity index (χ0) is 19.2. The van der Waals surface area contributed by atoms with Gasteiger partial charge in [-0.1, -0.05) is 24.3 Å². The molecule has 0 aromatic heterocycles. The fourth-order valence-electron chi connectivity index (χ4n) is 2.93. The molecule has 0 aliphatic carbocycles. The van der Waals surface area contributed by atoms with Crippen LogP contribution in [0.1, 0.15) is 5.56 Å². The number of nitrogens with zero attached hydrogens (tertiary/aromatic N) is 1. The van der Waals surface area contributed by atoms with Crippen molar-refractivity contribution in [3.8, 4) is 11.5 Å². The van der Waals surface area contributed by atoms with Crippen molar-refractivity contribution in [2.24, 2.45) is 0 Å². The molecule has 27 heavy (non-hydrogen) atoms. The number of nitrogens with one attached hydrogen (secondary N) is 2. The molecule has 0 spiro atoms. The number of para-hydroxylation sites is 2. The van der Waals surface area contributed by atoms with E-state index in [2.05, 4.69) is 10.6 Å². The molecule has 1 aliphatic heterocycles. The summed E-state index contributed by atoms with van der Waals surface area (Å²) in [6.45, 7) is 0.879. The number of hydrogen-bond acceptors (Lipinski definition) is 5. The van der Waals surface area contributed by atoms with Crippen LogP contribution in [0.2, 0.25) is 0 Å². The van der Waals surface area contributed by atoms with Crippen molar-refractivity contribution in [2.75, 3.05) is 32.1 Å². The summed E-state index contributed by atoms with van der Waals surface area (Å²) in [6, 6.07) is 14.9. The molecule has 2 aromatic rings. The van der Waals surface area contributed by atoms with E-state index in [4.69, 9.17) is 9.47 Å². The van der Waals surface area contributed by atoms with Crippen LogP contribution < -0.4 is 25.0 Å². The van der Waals surface area contributed by atoms with Crippen LogP contribution in [0.25, 0.3) is 0 Å². The molecule has 0 bridgehead atoms. The highest BCUT2D eigenvalue weighted by molar-refractivity contribution is 5.86. The van der Waals surface area contributed by atoms with E-state index in [0.717, 1.165) is 17.0 Å². The maximum atomic E-state index is 12.4. The number of fused-ring (bicyclic) bond motifs is 1. The van der Waals surface area contributed by atoms with Crippen molar-refractivity contribution in [3.63, 3.8) is 0 Å². The zero-order valence-electron chi connectivity index (χ0n) is 15.4. The Kier molecular flexibility index (Phi) is 5.80. The quantitative estimate of drug-likeness (QED) is 0.803. The number of anilines is 1. The van der Waals surface area contributed by atoms with E-state index in [0.29, 0.717) is 18.8 Å². The maximum Gasteiger partial charge on any atom is 0.262 e. The molecule has 0 fully saturated rings. The predicted octanol–water partition coefficient (Wildman–Crippen LogP) is 1.33. The Hall–Kier alpha value is -3.22. The predicted molar refractivity (Wildman–Crippen MR) is 102 cm³/mol. The fraction of sp³-hybridized carbons (Fsp3) is 0.300. The standard InChI is InChI=1S/C20H23N3O4/c1-21-20(25)18-12-23(16-5-3-4-6-17(16)27-18)13-19(24)22-11-14-7-9-15(26-2)10-8-14/h3-10,18H,11-13H2,1-2H3,(H,21,25)(H,22,24)/t18-/m0/s1. The lowest BCUT2D eigenvalue weighted by atomic mass is 10.1. The first-order chi connectivity index (χ1) is 13.1. The van der Waals surface area contributed by atoms with Crippen LogP contribution in [-0.2, 0) is 16.1 Å². The van der Waals surface area contributed by atoms with E-state index in [1.807, 2.05) is 47.4 Å². The lowest BCUT2D eigenvalue weighted by Crippen LogP contribution is -2.50. The first-order valence-corrected chi connectivity index (χ1v) is 8.72. The van der Waals surface area contributed by atoms with Gasteiger partial charge in [0.15, 0.2) is 6.10 Å². The fourth-order valence-corrected chi connectivity index (χ4v) is 2.93. The Morgan fingerprint density at radius 2 is 1.93 bits per heavy atom. The summed E-state index contributed by atoms with van der Waals surface area (Å²) in [5, 5.41) is 5.50. The van der Waals surface area contributed by atoms with Gasteiger partial charge in [-0.2, -0.15) is 0 Å². The van der Waals surface area contributed by atoms with E-state index >= 15 is 0 Å². The molecular weight excluding hydrogens is 346 g/mol. The minimum atomic E-state index is -0.653. The van der Waals surface area contributed by atoms with Gasteiger partial charge in [-0.25, -0.2) is 0 Å². The summed E-state index contributed by atoms with van der Waals surface area (Å²) in [4.78, 5) is 26.3. The third-order valence-corrected chi connectivity index (χ3v) is 4.38. The van der Waals surface area contributed by atoms with Crippen molar-refractivity contribution in [1.82, 2.24) is 10.6 Å². The molecule has 1 aliphatic rings. The molecule has 2 aromatic carbocycles. The number of ether oxygens (including phenoxy) is 2. The van der Waals surface area contributed by atoms with Gasteiger partial charge in [0.2, 0.25) is 5.91 Å². The minimum absolute atomic E-state index is 0.127. The number of methoxy groups -OCH3 is 1. The first-order valence-electron chi connectivity index (χ1n) is 8.72. The summed E-state index contributed by atoms with van der Waals surface area (Å²) in [5.41, 5.74) is 1.78. The van der Waals surface area contributed by atoms with Crippen LogP contribution in [0, 0.1) is 0 Å². The largest absolute Gasteiger partial charge is 0.497 e. The smallest absolute Gasteiger partial charge is 0.262 e. The summed E-state index contributed by atoms with van der Waals surface area (Å²) in [5.74, 6) is 1.03. The Labute approximate surface area is 158 Å². The average molecular weight is 369 g/mol. The summed E-state index contributed by atoms with van der Waals surface area (Å²) in [7, 11) is 3.18. The summed E-state index contributed by atoms with van der Waals surface area (Å²) >= 11 is 0. The number of hydrogen-bond donors (Lipinski definition) is 2. The number of carbonyl (C=O) groups is 2. The Bertz CT molecular complexity index is 807. The van der Waals surface area contributed by atoms with Gasteiger partial charge >= 0.3 is 0 Å². The third-order valence-electron chi connectivity index (χ3n) is 4.38. The Morgan fingerprint density at radius 1 is 1.19 bits per heavy atom. The molecule has 1 heterocycles. The van der Waals surface area contributed by atoms with Crippen LogP contribution in [0.4, 0.5) is 5.69 Å². The van der Waals surface area contributed by atoms with Gasteiger partial charge in [0.05, 0.1) is 25.9 Å². The van der Waals surface area contributed by atoms with Crippen molar-refractivity contribution in [2.45, 2.75) is 12.6 Å². The summed E-state index contributed by atoms with van der Waals surface area (Å²) < 4.78 is 10.9. The molecule has 1 atom stereocenters. The molecule has 2 amide bonds. The van der Waals surface area contributed by atoms with Gasteiger partial charge in [0.1, 0.15) is 11.5 Å². The van der Waals surface area contributed by atoms with Crippen molar-refractivity contribution < 1.29 is 19.1 Å². The molecular formula is C20H23N3O4. The van der Waals surface area contributed by atoms with Crippen LogP contribution in [-0.4, -0.2) is 45.2 Å². The van der Waals surface area contributed by atoms with Crippen LogP contribution in [0.3, 0.4) is 0 Å². The molecule has 0 unspecified atom stereocenters. The normalized spacial score (nSPS) is 15.3. The summed E-state index contributed by atoms with van der Waals surface area (Å²) in [6.07, 6.45) is -0.653. The highest BCUT2D eigenvalue weighted by Gasteiger charge is 2.30. The highest BCUT2D eigenvalue weighted by atomic mass is 16.5. The number of carbonyl (C=O) groups excluding carboxylic acids is 2. The first kappa shape index (κ1) is 18.6. The van der Waals surface area contributed by atoms with E-state index in [-0.39, 0.29) is 18.4 Å². The van der Waals surface area contributed by atoms with Gasteiger partial charge in [-0.15, -0.1) is 0 Å². The maximum absolute atomic E-state index is 12.4. The van der Waals surface area contributed by atoms with E-state index < -0.39 is 6.10 Å². The molecule has 0 radical (unpaired) electrons. The van der Waals surface area contributed by atoms with Crippen molar-refractivity contribution in [1.29, 1.82) is 0 Å². The molecule has 2 N–H and O–H groups in total. The zero-order valence-corrected chi connectivity index (χ0v) is 15.4.